The molecule has 1 aliphatic carbocycles. The van der Waals surface area contributed by atoms with Gasteiger partial charge in [0.25, 0.3) is 5.91 Å². The van der Waals surface area contributed by atoms with Crippen LogP contribution < -0.4 is 10.7 Å². The molecule has 0 aliphatic heterocycles. The van der Waals surface area contributed by atoms with Gasteiger partial charge in [0.2, 0.25) is 5.91 Å². The highest BCUT2D eigenvalue weighted by molar-refractivity contribution is 6.01. The molecule has 0 unspecified atom stereocenters. The second-order valence-corrected chi connectivity index (χ2v) is 7.67. The summed E-state index contributed by atoms with van der Waals surface area (Å²) in [6, 6.07) is 20.9. The van der Waals surface area contributed by atoms with Gasteiger partial charge in [-0.1, -0.05) is 61.7 Å². The minimum atomic E-state index is -0.295. The molecule has 0 atom stereocenters. The van der Waals surface area contributed by atoms with Crippen molar-refractivity contribution in [1.29, 1.82) is 0 Å². The van der Waals surface area contributed by atoms with E-state index in [1.807, 2.05) is 42.5 Å². The summed E-state index contributed by atoms with van der Waals surface area (Å²) in [6.07, 6.45) is 7.03. The maximum atomic E-state index is 12.4. The third-order valence-electron chi connectivity index (χ3n) is 5.58. The fourth-order valence-electron chi connectivity index (χ4n) is 3.90. The summed E-state index contributed by atoms with van der Waals surface area (Å²) in [4.78, 5) is 24.7. The summed E-state index contributed by atoms with van der Waals surface area (Å²) in [7, 11) is 0. The van der Waals surface area contributed by atoms with Crippen LogP contribution in [0.25, 0.3) is 10.8 Å². The molecule has 5 heteroatoms. The minimum absolute atomic E-state index is 0.0755. The molecule has 3 aromatic rings. The molecule has 4 rings (SSSR count). The van der Waals surface area contributed by atoms with Gasteiger partial charge in [0, 0.05) is 22.7 Å². The number of benzene rings is 3. The van der Waals surface area contributed by atoms with E-state index in [9.17, 15) is 9.59 Å². The quantitative estimate of drug-likeness (QED) is 0.462. The average molecular weight is 399 g/mol. The topological polar surface area (TPSA) is 70.6 Å². The van der Waals surface area contributed by atoms with Crippen molar-refractivity contribution in [3.8, 4) is 0 Å². The summed E-state index contributed by atoms with van der Waals surface area (Å²) in [5, 5.41) is 9.27. The third kappa shape index (κ3) is 4.74. The van der Waals surface area contributed by atoms with Crippen molar-refractivity contribution in [3.05, 3.63) is 77.9 Å². The minimum Gasteiger partial charge on any atom is -0.326 e. The van der Waals surface area contributed by atoms with Crippen LogP contribution in [0.3, 0.4) is 0 Å². The standard InChI is InChI=1S/C25H25N3O2/c29-24(19-8-2-1-3-9-19)27-22-15-13-20(14-16-22)25(30)28-26-17-21-11-6-10-18-7-4-5-12-23(18)21/h4-7,10-17,19H,1-3,8-9H2,(H,27,29)(H,28,30). The molecule has 0 aromatic heterocycles. The lowest BCUT2D eigenvalue weighted by atomic mass is 9.88. The number of hydrogen-bond acceptors (Lipinski definition) is 3. The van der Waals surface area contributed by atoms with Gasteiger partial charge in [0.05, 0.1) is 6.21 Å². The highest BCUT2D eigenvalue weighted by Crippen LogP contribution is 2.25. The molecule has 3 aromatic carbocycles. The van der Waals surface area contributed by atoms with Crippen LogP contribution in [-0.2, 0) is 4.79 Å². The largest absolute Gasteiger partial charge is 0.326 e. The molecule has 0 spiro atoms. The van der Waals surface area contributed by atoms with Crippen molar-refractivity contribution >= 4 is 34.5 Å². The van der Waals surface area contributed by atoms with Crippen LogP contribution >= 0.6 is 0 Å². The first-order valence-corrected chi connectivity index (χ1v) is 10.4. The lowest BCUT2D eigenvalue weighted by Crippen LogP contribution is -2.24. The molecule has 1 fully saturated rings. The molecule has 0 heterocycles. The lowest BCUT2D eigenvalue weighted by Gasteiger charge is -2.20. The highest BCUT2D eigenvalue weighted by atomic mass is 16.2. The predicted octanol–water partition coefficient (Wildman–Crippen LogP) is 5.12. The molecule has 1 saturated carbocycles. The molecular weight excluding hydrogens is 374 g/mol. The number of hydrazone groups is 1. The Labute approximate surface area is 176 Å². The van der Waals surface area contributed by atoms with E-state index in [1.165, 1.54) is 6.42 Å². The van der Waals surface area contributed by atoms with Gasteiger partial charge in [-0.25, -0.2) is 5.43 Å². The van der Waals surface area contributed by atoms with Gasteiger partial charge in [0.1, 0.15) is 0 Å². The second kappa shape index (κ2) is 9.35. The summed E-state index contributed by atoms with van der Waals surface area (Å²) in [5.74, 6) is -0.117. The molecule has 5 nitrogen and oxygen atoms in total. The van der Waals surface area contributed by atoms with Crippen LogP contribution in [-0.4, -0.2) is 18.0 Å². The van der Waals surface area contributed by atoms with Crippen LogP contribution in [0, 0.1) is 5.92 Å². The SMILES string of the molecule is O=C(NN=Cc1cccc2ccccc12)c1ccc(NC(=O)C2CCCCC2)cc1. The number of carbonyl (C=O) groups is 2. The van der Waals surface area contributed by atoms with Crippen molar-refractivity contribution in [3.63, 3.8) is 0 Å². The zero-order chi connectivity index (χ0) is 20.8. The van der Waals surface area contributed by atoms with E-state index in [0.717, 1.165) is 42.0 Å². The number of fused-ring (bicyclic) bond motifs is 1. The first kappa shape index (κ1) is 19.8. The molecule has 1 aliphatic rings. The average Bonchev–Trinajstić information content (AvgIpc) is 2.80. The van der Waals surface area contributed by atoms with Crippen molar-refractivity contribution in [1.82, 2.24) is 5.43 Å². The summed E-state index contributed by atoms with van der Waals surface area (Å²) in [6.45, 7) is 0. The van der Waals surface area contributed by atoms with Gasteiger partial charge in [-0.3, -0.25) is 9.59 Å². The Kier molecular flexibility index (Phi) is 6.18. The number of nitrogens with zero attached hydrogens (tertiary/aromatic N) is 1. The van der Waals surface area contributed by atoms with E-state index in [0.29, 0.717) is 11.3 Å². The normalized spacial score (nSPS) is 14.7. The van der Waals surface area contributed by atoms with Crippen LogP contribution in [0.1, 0.15) is 48.0 Å². The maximum Gasteiger partial charge on any atom is 0.271 e. The van der Waals surface area contributed by atoms with Gasteiger partial charge < -0.3 is 5.32 Å². The summed E-state index contributed by atoms with van der Waals surface area (Å²) < 4.78 is 0. The molecule has 152 valence electrons. The van der Waals surface area contributed by atoms with Gasteiger partial charge in [-0.2, -0.15) is 5.10 Å². The number of hydrogen-bond donors (Lipinski definition) is 2. The Hall–Kier alpha value is -3.47. The monoisotopic (exact) mass is 399 g/mol. The first-order valence-electron chi connectivity index (χ1n) is 10.4. The fourth-order valence-corrected chi connectivity index (χ4v) is 3.90. The molecule has 0 bridgehead atoms. The van der Waals surface area contributed by atoms with Crippen LogP contribution in [0.15, 0.2) is 71.8 Å². The van der Waals surface area contributed by atoms with Crippen molar-refractivity contribution in [2.24, 2.45) is 11.0 Å². The van der Waals surface area contributed by atoms with E-state index in [4.69, 9.17) is 0 Å². The number of amides is 2. The zero-order valence-corrected chi connectivity index (χ0v) is 16.8. The van der Waals surface area contributed by atoms with Crippen molar-refractivity contribution < 1.29 is 9.59 Å². The van der Waals surface area contributed by atoms with Gasteiger partial charge in [0.15, 0.2) is 0 Å². The van der Waals surface area contributed by atoms with Gasteiger partial charge in [-0.05, 0) is 47.9 Å². The molecule has 0 saturated heterocycles. The smallest absolute Gasteiger partial charge is 0.271 e. The van der Waals surface area contributed by atoms with Crippen molar-refractivity contribution in [2.75, 3.05) is 5.32 Å². The number of anilines is 1. The number of carbonyl (C=O) groups excluding carboxylic acids is 2. The summed E-state index contributed by atoms with van der Waals surface area (Å²) in [5.41, 5.74) is 4.70. The van der Waals surface area contributed by atoms with Crippen LogP contribution in [0.4, 0.5) is 5.69 Å². The fraction of sp³-hybridized carbons (Fsp3) is 0.240. The molecule has 2 N–H and O–H groups in total. The second-order valence-electron chi connectivity index (χ2n) is 7.67. The summed E-state index contributed by atoms with van der Waals surface area (Å²) >= 11 is 0. The lowest BCUT2D eigenvalue weighted by molar-refractivity contribution is -0.120. The Morgan fingerprint density at radius 3 is 2.40 bits per heavy atom. The Morgan fingerprint density at radius 2 is 1.60 bits per heavy atom. The molecule has 0 radical (unpaired) electrons. The molecular formula is C25H25N3O2. The van der Waals surface area contributed by atoms with Crippen molar-refractivity contribution in [2.45, 2.75) is 32.1 Å². The van der Waals surface area contributed by atoms with Gasteiger partial charge in [-0.15, -0.1) is 0 Å². The van der Waals surface area contributed by atoms with E-state index >= 15 is 0 Å². The van der Waals surface area contributed by atoms with E-state index in [2.05, 4.69) is 15.8 Å². The van der Waals surface area contributed by atoms with Crippen LogP contribution in [0.5, 0.6) is 0 Å². The van der Waals surface area contributed by atoms with Crippen LogP contribution in [0.2, 0.25) is 0 Å². The van der Waals surface area contributed by atoms with E-state index in [-0.39, 0.29) is 17.7 Å². The number of nitrogens with one attached hydrogen (secondary N) is 2. The Balaban J connectivity index is 1.35. The zero-order valence-electron chi connectivity index (χ0n) is 16.8. The Bertz CT molecular complexity index is 1060. The molecule has 2 amide bonds. The predicted molar refractivity (Wildman–Crippen MR) is 121 cm³/mol. The molecule has 30 heavy (non-hydrogen) atoms. The number of rotatable bonds is 5. The van der Waals surface area contributed by atoms with Gasteiger partial charge >= 0.3 is 0 Å². The van der Waals surface area contributed by atoms with E-state index < -0.39 is 0 Å². The third-order valence-corrected chi connectivity index (χ3v) is 5.58. The highest BCUT2D eigenvalue weighted by Gasteiger charge is 2.21. The maximum absolute atomic E-state index is 12.4. The first-order chi connectivity index (χ1) is 14.7. The Morgan fingerprint density at radius 1 is 0.867 bits per heavy atom. The van der Waals surface area contributed by atoms with E-state index in [1.54, 1.807) is 30.5 Å².